The van der Waals surface area contributed by atoms with Crippen molar-refractivity contribution in [3.63, 3.8) is 0 Å². The molecule has 1 aliphatic rings. The topological polar surface area (TPSA) is 29.1 Å². The molecule has 1 aromatic rings. The average molecular weight is 229 g/mol. The van der Waals surface area contributed by atoms with Gasteiger partial charge in [-0.05, 0) is 43.9 Å². The van der Waals surface area contributed by atoms with Crippen molar-refractivity contribution in [2.24, 2.45) is 5.92 Å². The fraction of sp³-hybridized carbons (Fsp3) is 0.400. The Balaban J connectivity index is 2.34. The lowest BCUT2D eigenvalue weighted by Gasteiger charge is -2.13. The number of benzene rings is 1. The summed E-state index contributed by atoms with van der Waals surface area (Å²) in [5.74, 6) is 0.368. The lowest BCUT2D eigenvalue weighted by Crippen LogP contribution is -2.13. The van der Waals surface area contributed by atoms with Gasteiger partial charge in [0.15, 0.2) is 5.78 Å². The molecule has 1 N–H and O–H groups in total. The van der Waals surface area contributed by atoms with E-state index in [9.17, 15) is 4.79 Å². The van der Waals surface area contributed by atoms with Gasteiger partial charge in [-0.25, -0.2) is 0 Å². The maximum absolute atomic E-state index is 12.0. The molecule has 1 atom stereocenters. The second kappa shape index (κ2) is 4.36. The van der Waals surface area contributed by atoms with Crippen LogP contribution in [0.3, 0.4) is 0 Å². The van der Waals surface area contributed by atoms with Crippen LogP contribution in [0.25, 0.3) is 0 Å². The monoisotopic (exact) mass is 229 g/mol. The minimum Gasteiger partial charge on any atom is -0.352 e. The molecule has 0 radical (unpaired) electrons. The van der Waals surface area contributed by atoms with E-state index in [4.69, 9.17) is 0 Å². The number of hydrogen-bond donors (Lipinski definition) is 1. The van der Waals surface area contributed by atoms with Crippen LogP contribution in [0.2, 0.25) is 0 Å². The van der Waals surface area contributed by atoms with Crippen LogP contribution in [0.15, 0.2) is 29.5 Å². The largest absolute Gasteiger partial charge is 0.352 e. The van der Waals surface area contributed by atoms with Gasteiger partial charge in [0.2, 0.25) is 0 Å². The van der Waals surface area contributed by atoms with E-state index in [1.54, 1.807) is 0 Å². The number of ketones is 1. The second-order valence-corrected chi connectivity index (χ2v) is 5.02. The summed E-state index contributed by atoms with van der Waals surface area (Å²) in [5, 5.41) is 3.34. The Morgan fingerprint density at radius 3 is 2.24 bits per heavy atom. The van der Waals surface area contributed by atoms with E-state index >= 15 is 0 Å². The second-order valence-electron chi connectivity index (χ2n) is 5.02. The van der Waals surface area contributed by atoms with Crippen molar-refractivity contribution in [2.75, 3.05) is 5.32 Å². The molecule has 90 valence electrons. The summed E-state index contributed by atoms with van der Waals surface area (Å²) < 4.78 is 0. The van der Waals surface area contributed by atoms with Gasteiger partial charge in [-0.1, -0.05) is 25.1 Å². The zero-order valence-electron chi connectivity index (χ0n) is 10.9. The van der Waals surface area contributed by atoms with Crippen LogP contribution in [0.4, 0.5) is 5.69 Å². The molecule has 0 saturated heterocycles. The number of hydrogen-bond acceptors (Lipinski definition) is 2. The quantitative estimate of drug-likeness (QED) is 0.839. The first kappa shape index (κ1) is 11.9. The minimum atomic E-state index is 0.127. The highest BCUT2D eigenvalue weighted by atomic mass is 16.1. The molecule has 1 aliphatic carbocycles. The molecule has 17 heavy (non-hydrogen) atoms. The first-order valence-electron chi connectivity index (χ1n) is 6.08. The molecule has 2 heteroatoms. The summed E-state index contributed by atoms with van der Waals surface area (Å²) in [6.07, 6.45) is 0.881. The summed E-state index contributed by atoms with van der Waals surface area (Å²) in [6, 6.07) is 6.17. The zero-order chi connectivity index (χ0) is 12.6. The standard InChI is InChI=1S/C15H19NO/c1-9-6-5-7-10(2)13(9)16-14-11(3)8-12(4)15(14)17/h5-7,12,16H,8H2,1-4H3. The number of aryl methyl sites for hydroxylation is 2. The van der Waals surface area contributed by atoms with Gasteiger partial charge in [-0.2, -0.15) is 0 Å². The van der Waals surface area contributed by atoms with Gasteiger partial charge in [0.05, 0.1) is 5.70 Å². The van der Waals surface area contributed by atoms with Gasteiger partial charge < -0.3 is 5.32 Å². The number of nitrogens with one attached hydrogen (secondary N) is 1. The molecule has 1 aromatic carbocycles. The Morgan fingerprint density at radius 1 is 1.18 bits per heavy atom. The Kier molecular flexibility index (Phi) is 3.05. The number of anilines is 1. The van der Waals surface area contributed by atoms with Crippen molar-refractivity contribution in [2.45, 2.75) is 34.1 Å². The lowest BCUT2D eigenvalue weighted by molar-refractivity contribution is -0.117. The highest BCUT2D eigenvalue weighted by Crippen LogP contribution is 2.30. The Morgan fingerprint density at radius 2 is 1.76 bits per heavy atom. The summed E-state index contributed by atoms with van der Waals surface area (Å²) in [4.78, 5) is 12.0. The molecule has 0 fully saturated rings. The van der Waals surface area contributed by atoms with Gasteiger partial charge in [-0.3, -0.25) is 4.79 Å². The SMILES string of the molecule is CC1=C(Nc2c(C)cccc2C)C(=O)C(C)C1. The number of Topliss-reactive ketones (excluding diaryl/α,β-unsaturated/α-hetero) is 1. The Labute approximate surface area is 103 Å². The maximum Gasteiger partial charge on any atom is 0.182 e. The first-order valence-corrected chi connectivity index (χ1v) is 6.08. The van der Waals surface area contributed by atoms with Gasteiger partial charge in [-0.15, -0.1) is 0 Å². The van der Waals surface area contributed by atoms with Gasteiger partial charge in [0.1, 0.15) is 0 Å². The van der Waals surface area contributed by atoms with Gasteiger partial charge >= 0.3 is 0 Å². The first-order chi connectivity index (χ1) is 8.00. The number of allylic oxidation sites excluding steroid dienone is 2. The van der Waals surface area contributed by atoms with Gasteiger partial charge in [0.25, 0.3) is 0 Å². The molecule has 0 aliphatic heterocycles. The van der Waals surface area contributed by atoms with E-state index in [0.29, 0.717) is 0 Å². The number of carbonyl (C=O) groups excluding carboxylic acids is 1. The van der Waals surface area contributed by atoms with Crippen LogP contribution in [0, 0.1) is 19.8 Å². The molecule has 0 bridgehead atoms. The van der Waals surface area contributed by atoms with Crippen molar-refractivity contribution in [3.8, 4) is 0 Å². The fourth-order valence-electron chi connectivity index (χ4n) is 2.42. The predicted molar refractivity (Wildman–Crippen MR) is 71.0 cm³/mol. The predicted octanol–water partition coefficient (Wildman–Crippen LogP) is 3.60. The summed E-state index contributed by atoms with van der Waals surface area (Å²) >= 11 is 0. The fourth-order valence-corrected chi connectivity index (χ4v) is 2.42. The number of carbonyl (C=O) groups is 1. The van der Waals surface area contributed by atoms with E-state index in [-0.39, 0.29) is 11.7 Å². The lowest BCUT2D eigenvalue weighted by atomic mass is 10.1. The molecular formula is C15H19NO. The number of para-hydroxylation sites is 1. The molecule has 0 aromatic heterocycles. The van der Waals surface area contributed by atoms with E-state index < -0.39 is 0 Å². The summed E-state index contributed by atoms with van der Waals surface area (Å²) in [5.41, 5.74) is 5.40. The molecule has 2 rings (SSSR count). The third-order valence-corrected chi connectivity index (χ3v) is 3.46. The molecule has 0 amide bonds. The zero-order valence-corrected chi connectivity index (χ0v) is 10.9. The highest BCUT2D eigenvalue weighted by molar-refractivity contribution is 6.03. The van der Waals surface area contributed by atoms with Crippen LogP contribution in [-0.4, -0.2) is 5.78 Å². The molecule has 1 unspecified atom stereocenters. The van der Waals surface area contributed by atoms with Crippen molar-refractivity contribution in [3.05, 3.63) is 40.6 Å². The molecule has 2 nitrogen and oxygen atoms in total. The Bertz CT molecular complexity index is 479. The normalized spacial score (nSPS) is 20.0. The van der Waals surface area contributed by atoms with Crippen molar-refractivity contribution in [1.82, 2.24) is 0 Å². The average Bonchev–Trinajstić information content (AvgIpc) is 2.49. The molecular weight excluding hydrogens is 210 g/mol. The molecule has 0 heterocycles. The highest BCUT2D eigenvalue weighted by Gasteiger charge is 2.27. The summed E-state index contributed by atoms with van der Waals surface area (Å²) in [6.45, 7) is 8.16. The summed E-state index contributed by atoms with van der Waals surface area (Å²) in [7, 11) is 0. The van der Waals surface area contributed by atoms with Crippen molar-refractivity contribution in [1.29, 1.82) is 0 Å². The molecule has 0 spiro atoms. The van der Waals surface area contributed by atoms with Crippen LogP contribution in [-0.2, 0) is 4.79 Å². The van der Waals surface area contributed by atoms with Gasteiger partial charge in [0, 0.05) is 11.6 Å². The Hall–Kier alpha value is -1.57. The third-order valence-electron chi connectivity index (χ3n) is 3.46. The maximum atomic E-state index is 12.0. The van der Waals surface area contributed by atoms with E-state index in [0.717, 1.165) is 17.8 Å². The smallest absolute Gasteiger partial charge is 0.182 e. The van der Waals surface area contributed by atoms with Crippen LogP contribution in [0.1, 0.15) is 31.4 Å². The third kappa shape index (κ3) is 2.12. The van der Waals surface area contributed by atoms with Crippen LogP contribution in [0.5, 0.6) is 0 Å². The van der Waals surface area contributed by atoms with Crippen molar-refractivity contribution < 1.29 is 4.79 Å². The molecule has 0 saturated carbocycles. The van der Waals surface area contributed by atoms with E-state index in [1.165, 1.54) is 16.7 Å². The van der Waals surface area contributed by atoms with E-state index in [1.807, 2.05) is 19.9 Å². The number of rotatable bonds is 2. The van der Waals surface area contributed by atoms with Crippen molar-refractivity contribution >= 4 is 11.5 Å². The minimum absolute atomic E-state index is 0.127. The van der Waals surface area contributed by atoms with Crippen LogP contribution < -0.4 is 5.32 Å². The van der Waals surface area contributed by atoms with E-state index in [2.05, 4.69) is 31.3 Å². The van der Waals surface area contributed by atoms with Crippen LogP contribution >= 0.6 is 0 Å².